The lowest BCUT2D eigenvalue weighted by molar-refractivity contribution is -0.136. The largest absolute Gasteiger partial charge is 0.492 e. The number of aliphatic hydroxyl groups is 1. The second-order valence-electron chi connectivity index (χ2n) is 11.1. The summed E-state index contributed by atoms with van der Waals surface area (Å²) in [7, 11) is 0. The van der Waals surface area contributed by atoms with E-state index in [1.54, 1.807) is 27.0 Å². The Morgan fingerprint density at radius 1 is 1.14 bits per heavy atom. The van der Waals surface area contributed by atoms with Crippen molar-refractivity contribution >= 4 is 11.7 Å². The van der Waals surface area contributed by atoms with Gasteiger partial charge in [-0.15, -0.1) is 0 Å². The molecule has 0 atom stereocenters. The quantitative estimate of drug-likeness (QED) is 0.466. The molecular formula is C28H43N3O4. The zero-order chi connectivity index (χ0) is 26.2. The number of unbranched alkanes of at least 4 members (excludes halogenated alkanes) is 1. The Labute approximate surface area is 210 Å². The summed E-state index contributed by atoms with van der Waals surface area (Å²) >= 11 is 0. The molecule has 7 heteroatoms. The van der Waals surface area contributed by atoms with Crippen LogP contribution in [-0.2, 0) is 11.2 Å². The second kappa shape index (κ2) is 12.3. The number of anilines is 1. The smallest absolute Gasteiger partial charge is 0.307 e. The van der Waals surface area contributed by atoms with Gasteiger partial charge in [-0.1, -0.05) is 27.2 Å². The van der Waals surface area contributed by atoms with Gasteiger partial charge < -0.3 is 19.8 Å². The molecule has 0 spiro atoms. The van der Waals surface area contributed by atoms with Crippen molar-refractivity contribution in [3.63, 3.8) is 0 Å². The predicted molar refractivity (Wildman–Crippen MR) is 141 cm³/mol. The lowest BCUT2D eigenvalue weighted by Gasteiger charge is -2.40. The highest BCUT2D eigenvalue weighted by atomic mass is 16.5. The summed E-state index contributed by atoms with van der Waals surface area (Å²) in [4.78, 5) is 23.1. The van der Waals surface area contributed by atoms with Crippen LogP contribution in [-0.4, -0.2) is 51.4 Å². The molecule has 1 fully saturated rings. The van der Waals surface area contributed by atoms with Crippen LogP contribution in [0.1, 0.15) is 78.5 Å². The number of carboxylic acids is 1. The number of ether oxygens (including phenoxy) is 1. The molecule has 0 aliphatic carbocycles. The van der Waals surface area contributed by atoms with E-state index in [1.807, 2.05) is 25.3 Å². The van der Waals surface area contributed by atoms with E-state index in [2.05, 4.69) is 35.6 Å². The van der Waals surface area contributed by atoms with Crippen LogP contribution in [0.4, 0.5) is 5.69 Å². The van der Waals surface area contributed by atoms with E-state index in [9.17, 15) is 9.90 Å². The first-order chi connectivity index (χ1) is 16.3. The first kappa shape index (κ1) is 28.6. The molecule has 3 heterocycles. The fraction of sp³-hybridized carbons (Fsp3) is 0.607. The van der Waals surface area contributed by atoms with Crippen LogP contribution in [0.5, 0.6) is 5.75 Å². The van der Waals surface area contributed by atoms with E-state index in [0.29, 0.717) is 12.0 Å². The number of rotatable bonds is 8. The number of piperidine rings is 1. The highest BCUT2D eigenvalue weighted by Gasteiger charge is 2.29. The van der Waals surface area contributed by atoms with Gasteiger partial charge in [-0.25, -0.2) is 0 Å². The summed E-state index contributed by atoms with van der Waals surface area (Å²) in [6.45, 7) is 16.3. The minimum absolute atomic E-state index is 0.0416. The summed E-state index contributed by atoms with van der Waals surface area (Å²) in [5, 5.41) is 18.0. The topological polar surface area (TPSA) is 95.8 Å². The van der Waals surface area contributed by atoms with E-state index in [0.717, 1.165) is 72.7 Å². The normalized spacial score (nSPS) is 15.3. The Kier molecular flexibility index (Phi) is 10.1. The number of carboxylic acid groups (broad SMARTS) is 1. The third kappa shape index (κ3) is 9.48. The number of pyridine rings is 2. The number of aryl methyl sites for hydroxylation is 1. The van der Waals surface area contributed by atoms with Gasteiger partial charge in [0.25, 0.3) is 0 Å². The molecule has 194 valence electrons. The molecule has 1 aliphatic heterocycles. The second-order valence-corrected chi connectivity index (χ2v) is 11.1. The van der Waals surface area contributed by atoms with Gasteiger partial charge in [-0.3, -0.25) is 14.8 Å². The number of carbonyl (C=O) groups is 1. The summed E-state index contributed by atoms with van der Waals surface area (Å²) in [6, 6.07) is 3.87. The van der Waals surface area contributed by atoms with Crippen molar-refractivity contribution in [2.75, 3.05) is 24.6 Å². The molecule has 0 unspecified atom stereocenters. The zero-order valence-corrected chi connectivity index (χ0v) is 22.5. The van der Waals surface area contributed by atoms with Gasteiger partial charge in [0.15, 0.2) is 0 Å². The summed E-state index contributed by atoms with van der Waals surface area (Å²) in [5.74, 6) is -0.0948. The van der Waals surface area contributed by atoms with Crippen molar-refractivity contribution in [1.82, 2.24) is 9.97 Å². The van der Waals surface area contributed by atoms with Gasteiger partial charge >= 0.3 is 5.97 Å². The molecule has 2 aromatic heterocycles. The minimum Gasteiger partial charge on any atom is -0.492 e. The molecule has 7 nitrogen and oxygen atoms in total. The zero-order valence-electron chi connectivity index (χ0n) is 22.5. The van der Waals surface area contributed by atoms with Gasteiger partial charge in [0.2, 0.25) is 0 Å². The van der Waals surface area contributed by atoms with Crippen molar-refractivity contribution in [2.45, 2.75) is 86.2 Å². The van der Waals surface area contributed by atoms with Gasteiger partial charge in [-0.05, 0) is 64.5 Å². The average Bonchev–Trinajstić information content (AvgIpc) is 2.75. The average molecular weight is 486 g/mol. The van der Waals surface area contributed by atoms with Crippen molar-refractivity contribution in [3.8, 4) is 17.0 Å². The van der Waals surface area contributed by atoms with Crippen LogP contribution in [0, 0.1) is 12.3 Å². The van der Waals surface area contributed by atoms with Crippen LogP contribution in [0.25, 0.3) is 11.3 Å². The Hall–Kier alpha value is -2.67. The highest BCUT2D eigenvalue weighted by molar-refractivity contribution is 5.83. The highest BCUT2D eigenvalue weighted by Crippen LogP contribution is 2.39. The number of aromatic nitrogens is 2. The van der Waals surface area contributed by atoms with Crippen LogP contribution in [0.15, 0.2) is 24.5 Å². The maximum atomic E-state index is 11.6. The van der Waals surface area contributed by atoms with Crippen molar-refractivity contribution < 1.29 is 19.7 Å². The van der Waals surface area contributed by atoms with Gasteiger partial charge in [0.1, 0.15) is 5.75 Å². The van der Waals surface area contributed by atoms with Crippen molar-refractivity contribution in [2.24, 2.45) is 5.41 Å². The SMILES string of the molecule is CC(C)(C)O.CCCCOc1ccc(-c2cnc(C)c(CC(=O)O)c2N2CCC(C)(C)CC2)nc1. The summed E-state index contributed by atoms with van der Waals surface area (Å²) in [5.41, 5.74) is 3.99. The molecule has 3 rings (SSSR count). The molecule has 0 saturated carbocycles. The molecule has 0 bridgehead atoms. The Morgan fingerprint density at radius 3 is 2.29 bits per heavy atom. The number of nitrogens with zero attached hydrogens (tertiary/aromatic N) is 3. The van der Waals surface area contributed by atoms with Crippen LogP contribution in [0.3, 0.4) is 0 Å². The summed E-state index contributed by atoms with van der Waals surface area (Å²) in [6.07, 6.45) is 7.76. The molecule has 1 saturated heterocycles. The minimum atomic E-state index is -0.844. The van der Waals surface area contributed by atoms with Gasteiger partial charge in [-0.2, -0.15) is 0 Å². The number of hydrogen-bond acceptors (Lipinski definition) is 6. The third-order valence-corrected chi connectivity index (χ3v) is 5.91. The fourth-order valence-electron chi connectivity index (χ4n) is 3.84. The standard InChI is InChI=1S/C24H33N3O3.C4H10O/c1-5-6-13-30-18-7-8-21(26-15-18)20-16-25-17(2)19(14-22(28)29)23(20)27-11-9-24(3,4)10-12-27;1-4(2,3)5/h7-8,15-16H,5-6,9-14H2,1-4H3,(H,28,29);5H,1-3H3. The molecule has 2 aromatic rings. The number of hydrogen-bond donors (Lipinski definition) is 2. The van der Waals surface area contributed by atoms with Gasteiger partial charge in [0, 0.05) is 36.1 Å². The fourth-order valence-corrected chi connectivity index (χ4v) is 3.84. The van der Waals surface area contributed by atoms with Crippen LogP contribution >= 0.6 is 0 Å². The van der Waals surface area contributed by atoms with Crippen LogP contribution in [0.2, 0.25) is 0 Å². The molecule has 0 aromatic carbocycles. The molecule has 0 amide bonds. The van der Waals surface area contributed by atoms with Crippen molar-refractivity contribution in [1.29, 1.82) is 0 Å². The summed E-state index contributed by atoms with van der Waals surface area (Å²) < 4.78 is 5.74. The van der Waals surface area contributed by atoms with E-state index in [-0.39, 0.29) is 6.42 Å². The monoisotopic (exact) mass is 485 g/mol. The van der Waals surface area contributed by atoms with E-state index in [4.69, 9.17) is 9.84 Å². The predicted octanol–water partition coefficient (Wildman–Crippen LogP) is 5.66. The molecule has 2 N–H and O–H groups in total. The Balaban J connectivity index is 0.000000784. The molecule has 1 aliphatic rings. The molecular weight excluding hydrogens is 442 g/mol. The number of aliphatic carboxylic acids is 1. The Bertz CT molecular complexity index is 949. The van der Waals surface area contributed by atoms with Gasteiger partial charge in [0.05, 0.1) is 36.2 Å². The maximum absolute atomic E-state index is 11.6. The first-order valence-electron chi connectivity index (χ1n) is 12.6. The lowest BCUT2D eigenvalue weighted by Crippen LogP contribution is -2.38. The van der Waals surface area contributed by atoms with Crippen molar-refractivity contribution in [3.05, 3.63) is 35.8 Å². The van der Waals surface area contributed by atoms with Crippen LogP contribution < -0.4 is 9.64 Å². The first-order valence-corrected chi connectivity index (χ1v) is 12.6. The van der Waals surface area contributed by atoms with E-state index in [1.165, 1.54) is 0 Å². The van der Waals surface area contributed by atoms with E-state index < -0.39 is 11.6 Å². The molecule has 0 radical (unpaired) electrons. The Morgan fingerprint density at radius 2 is 1.77 bits per heavy atom. The van der Waals surface area contributed by atoms with E-state index >= 15 is 0 Å². The maximum Gasteiger partial charge on any atom is 0.307 e. The lowest BCUT2D eigenvalue weighted by atomic mass is 9.82. The third-order valence-electron chi connectivity index (χ3n) is 5.91. The molecule has 35 heavy (non-hydrogen) atoms.